The molecule has 2 aliphatic heterocycles. The number of hydrogen-bond acceptors (Lipinski definition) is 6. The third-order valence-corrected chi connectivity index (χ3v) is 4.66. The van der Waals surface area contributed by atoms with Gasteiger partial charge in [-0.15, -0.1) is 5.10 Å². The summed E-state index contributed by atoms with van der Waals surface area (Å²) in [4.78, 5) is 21.5. The van der Waals surface area contributed by atoms with Crippen LogP contribution in [-0.2, 0) is 24.3 Å². The lowest BCUT2D eigenvalue weighted by molar-refractivity contribution is 0.101. The Balaban J connectivity index is 1.44. The fourth-order valence-electron chi connectivity index (χ4n) is 3.36. The highest BCUT2D eigenvalue weighted by Crippen LogP contribution is 2.40. The number of rotatable bonds is 3. The number of hydrogen-bond donors (Lipinski definition) is 2. The summed E-state index contributed by atoms with van der Waals surface area (Å²) in [6, 6.07) is 0.444. The molecule has 1 fully saturated rings. The van der Waals surface area contributed by atoms with Crippen molar-refractivity contribution in [1.29, 1.82) is 0 Å². The molecule has 4 heterocycles. The lowest BCUT2D eigenvalue weighted by atomic mass is 10.2. The molecule has 24 heavy (non-hydrogen) atoms. The smallest absolute Gasteiger partial charge is 0.297 e. The molecule has 9 nitrogen and oxygen atoms in total. The molecule has 0 atom stereocenters. The van der Waals surface area contributed by atoms with Crippen LogP contribution in [0.4, 0.5) is 11.9 Å². The van der Waals surface area contributed by atoms with E-state index < -0.39 is 0 Å². The lowest BCUT2D eigenvalue weighted by Gasteiger charge is -2.15. The molecule has 0 aromatic carbocycles. The minimum atomic E-state index is -0.316. The van der Waals surface area contributed by atoms with Crippen molar-refractivity contribution in [2.24, 2.45) is 0 Å². The zero-order chi connectivity index (χ0) is 16.1. The summed E-state index contributed by atoms with van der Waals surface area (Å²) in [5.74, 6) is 1.12. The van der Waals surface area contributed by atoms with E-state index in [0.717, 1.165) is 44.5 Å². The molecule has 126 valence electrons. The summed E-state index contributed by atoms with van der Waals surface area (Å²) < 4.78 is 9.40. The normalized spacial score (nSPS) is 19.3. The monoisotopic (exact) mass is 329 g/mol. The number of nitrogens with one attached hydrogen (secondary N) is 2. The Morgan fingerprint density at radius 3 is 3.08 bits per heavy atom. The third-order valence-electron chi connectivity index (χ3n) is 4.66. The van der Waals surface area contributed by atoms with E-state index in [0.29, 0.717) is 31.2 Å². The van der Waals surface area contributed by atoms with Crippen LogP contribution in [0.5, 0.6) is 0 Å². The van der Waals surface area contributed by atoms with Gasteiger partial charge in [0.15, 0.2) is 0 Å². The highest BCUT2D eigenvalue weighted by Gasteiger charge is 2.32. The van der Waals surface area contributed by atoms with Crippen molar-refractivity contribution < 1.29 is 9.53 Å². The molecular weight excluding hydrogens is 310 g/mol. The Kier molecular flexibility index (Phi) is 3.09. The van der Waals surface area contributed by atoms with Crippen LogP contribution in [0.25, 0.3) is 0 Å². The molecule has 2 N–H and O–H groups in total. The molecule has 2 aromatic rings. The standard InChI is InChI=1S/C15H19N7O2/c23-13(12-18-14-16-5-1-6-21(14)20-12)19-15-17-10-8-24-7-4-11(10)22(15)9-2-3-9/h9H,1-8H2,(H,16,18,20)(H,17,19,23). The number of aryl methyl sites for hydroxylation is 1. The second-order valence-corrected chi connectivity index (χ2v) is 6.45. The SMILES string of the molecule is O=C(Nc1nc2c(n1C1CC1)CCOC2)c1nc2n(n1)CCCN2. The fraction of sp³-hybridized carbons (Fsp3) is 0.600. The van der Waals surface area contributed by atoms with Crippen LogP contribution in [-0.4, -0.2) is 43.4 Å². The summed E-state index contributed by atoms with van der Waals surface area (Å²) >= 11 is 0. The number of carbonyl (C=O) groups is 1. The summed E-state index contributed by atoms with van der Waals surface area (Å²) in [7, 11) is 0. The molecule has 2 aromatic heterocycles. The molecule has 3 aliphatic rings. The van der Waals surface area contributed by atoms with Crippen molar-refractivity contribution >= 4 is 17.8 Å². The first-order valence-electron chi connectivity index (χ1n) is 8.47. The molecule has 1 aliphatic carbocycles. The molecular formula is C15H19N7O2. The van der Waals surface area contributed by atoms with E-state index in [-0.39, 0.29) is 11.7 Å². The van der Waals surface area contributed by atoms with Gasteiger partial charge < -0.3 is 14.6 Å². The number of amides is 1. The Hall–Kier alpha value is -2.42. The lowest BCUT2D eigenvalue weighted by Crippen LogP contribution is -2.19. The highest BCUT2D eigenvalue weighted by atomic mass is 16.5. The van der Waals surface area contributed by atoms with Crippen molar-refractivity contribution in [3.05, 3.63) is 17.2 Å². The van der Waals surface area contributed by atoms with Gasteiger partial charge >= 0.3 is 0 Å². The van der Waals surface area contributed by atoms with Crippen LogP contribution in [0.1, 0.15) is 47.3 Å². The minimum Gasteiger partial charge on any atom is -0.375 e. The van der Waals surface area contributed by atoms with Gasteiger partial charge in [-0.3, -0.25) is 10.1 Å². The van der Waals surface area contributed by atoms with E-state index in [2.05, 4.69) is 30.3 Å². The molecule has 0 bridgehead atoms. The van der Waals surface area contributed by atoms with Gasteiger partial charge in [-0.25, -0.2) is 9.67 Å². The average molecular weight is 329 g/mol. The Morgan fingerprint density at radius 2 is 2.25 bits per heavy atom. The average Bonchev–Trinajstić information content (AvgIpc) is 3.22. The van der Waals surface area contributed by atoms with E-state index in [4.69, 9.17) is 4.74 Å². The molecule has 0 unspecified atom stereocenters. The van der Waals surface area contributed by atoms with Crippen molar-refractivity contribution in [3.8, 4) is 0 Å². The maximum absolute atomic E-state index is 12.6. The van der Waals surface area contributed by atoms with Crippen molar-refractivity contribution in [2.45, 2.75) is 44.9 Å². The third kappa shape index (κ3) is 2.27. The summed E-state index contributed by atoms with van der Waals surface area (Å²) in [6.07, 6.45) is 4.09. The first-order chi connectivity index (χ1) is 11.8. The van der Waals surface area contributed by atoms with Gasteiger partial charge in [-0.2, -0.15) is 4.98 Å². The Morgan fingerprint density at radius 1 is 1.33 bits per heavy atom. The summed E-state index contributed by atoms with van der Waals surface area (Å²) in [6.45, 7) is 2.86. The van der Waals surface area contributed by atoms with Crippen molar-refractivity contribution in [2.75, 3.05) is 23.8 Å². The van der Waals surface area contributed by atoms with Crippen LogP contribution in [0.2, 0.25) is 0 Å². The predicted octanol–water partition coefficient (Wildman–Crippen LogP) is 0.950. The first kappa shape index (κ1) is 14.0. The predicted molar refractivity (Wildman–Crippen MR) is 84.9 cm³/mol. The van der Waals surface area contributed by atoms with E-state index in [9.17, 15) is 4.79 Å². The molecule has 5 rings (SSSR count). The van der Waals surface area contributed by atoms with Crippen LogP contribution in [0.3, 0.4) is 0 Å². The quantitative estimate of drug-likeness (QED) is 0.870. The number of imidazole rings is 1. The number of carbonyl (C=O) groups excluding carboxylic acids is 1. The van der Waals surface area contributed by atoms with E-state index in [1.165, 1.54) is 5.69 Å². The number of anilines is 2. The molecule has 1 amide bonds. The van der Waals surface area contributed by atoms with Crippen LogP contribution < -0.4 is 10.6 Å². The summed E-state index contributed by atoms with van der Waals surface area (Å²) in [5.41, 5.74) is 2.13. The van der Waals surface area contributed by atoms with E-state index in [1.54, 1.807) is 4.68 Å². The van der Waals surface area contributed by atoms with E-state index >= 15 is 0 Å². The zero-order valence-corrected chi connectivity index (χ0v) is 13.3. The van der Waals surface area contributed by atoms with Gasteiger partial charge in [-0.05, 0) is 19.3 Å². The number of fused-ring (bicyclic) bond motifs is 2. The number of ether oxygens (including phenoxy) is 1. The maximum Gasteiger partial charge on any atom is 0.297 e. The largest absolute Gasteiger partial charge is 0.375 e. The van der Waals surface area contributed by atoms with Gasteiger partial charge in [0, 0.05) is 31.2 Å². The van der Waals surface area contributed by atoms with Gasteiger partial charge in [-0.1, -0.05) is 0 Å². The fourth-order valence-corrected chi connectivity index (χ4v) is 3.36. The summed E-state index contributed by atoms with van der Waals surface area (Å²) in [5, 5.41) is 10.3. The van der Waals surface area contributed by atoms with Crippen LogP contribution in [0.15, 0.2) is 0 Å². The number of nitrogens with zero attached hydrogens (tertiary/aromatic N) is 5. The Bertz CT molecular complexity index is 782. The number of aromatic nitrogens is 5. The minimum absolute atomic E-state index is 0.180. The second kappa shape index (κ2) is 5.30. The van der Waals surface area contributed by atoms with Crippen molar-refractivity contribution in [3.63, 3.8) is 0 Å². The molecule has 1 saturated carbocycles. The topological polar surface area (TPSA) is 98.9 Å². The zero-order valence-electron chi connectivity index (χ0n) is 13.3. The second-order valence-electron chi connectivity index (χ2n) is 6.45. The molecule has 0 spiro atoms. The van der Waals surface area contributed by atoms with Crippen LogP contribution in [0, 0.1) is 0 Å². The van der Waals surface area contributed by atoms with Gasteiger partial charge in [0.1, 0.15) is 0 Å². The van der Waals surface area contributed by atoms with Crippen molar-refractivity contribution in [1.82, 2.24) is 24.3 Å². The Labute approximate surface area is 138 Å². The van der Waals surface area contributed by atoms with Gasteiger partial charge in [0.2, 0.25) is 17.7 Å². The van der Waals surface area contributed by atoms with Gasteiger partial charge in [0.25, 0.3) is 5.91 Å². The maximum atomic E-state index is 12.6. The van der Waals surface area contributed by atoms with E-state index in [1.807, 2.05) is 0 Å². The molecule has 9 heteroatoms. The van der Waals surface area contributed by atoms with Crippen LogP contribution >= 0.6 is 0 Å². The molecule has 0 radical (unpaired) electrons. The molecule has 0 saturated heterocycles. The first-order valence-corrected chi connectivity index (χ1v) is 8.47. The highest BCUT2D eigenvalue weighted by molar-refractivity contribution is 6.00. The van der Waals surface area contributed by atoms with Gasteiger partial charge in [0.05, 0.1) is 18.9 Å².